The van der Waals surface area contributed by atoms with Gasteiger partial charge in [0.15, 0.2) is 0 Å². The van der Waals surface area contributed by atoms with E-state index in [1.807, 2.05) is 4.09 Å². The van der Waals surface area contributed by atoms with Crippen LogP contribution in [0.25, 0.3) is 0 Å². The number of rotatable bonds is 0. The molecule has 72 valence electrons. The van der Waals surface area contributed by atoms with Gasteiger partial charge < -0.3 is 15.3 Å². The second-order valence-electron chi connectivity index (χ2n) is 1.07. The van der Waals surface area contributed by atoms with Crippen LogP contribution >= 0.6 is 0 Å². The van der Waals surface area contributed by atoms with Crippen molar-refractivity contribution in [3.63, 3.8) is 0 Å². The van der Waals surface area contributed by atoms with Gasteiger partial charge >= 0.3 is 33.2 Å². The molecule has 0 aliphatic carbocycles. The van der Waals surface area contributed by atoms with E-state index in [0.29, 0.717) is 0 Å². The van der Waals surface area contributed by atoms with E-state index >= 15 is 0 Å². The van der Waals surface area contributed by atoms with E-state index in [-0.39, 0.29) is 19.8 Å². The summed E-state index contributed by atoms with van der Waals surface area (Å²) in [6.07, 6.45) is 0. The van der Waals surface area contributed by atoms with Crippen LogP contribution in [0.5, 0.6) is 0 Å². The van der Waals surface area contributed by atoms with Crippen molar-refractivity contribution in [2.45, 2.75) is 20.8 Å². The second-order valence-corrected chi connectivity index (χ2v) is 2.24. The molecule has 0 aromatic heterocycles. The summed E-state index contributed by atoms with van der Waals surface area (Å²) in [6.45, 7) is 8.11. The molecule has 0 atom stereocenters. The average molecular weight is 281 g/mol. The van der Waals surface area contributed by atoms with Crippen molar-refractivity contribution in [2.24, 2.45) is 0 Å². The molecule has 0 bridgehead atoms. The first-order valence-corrected chi connectivity index (χ1v) is 5.33. The van der Waals surface area contributed by atoms with Crippen LogP contribution in [-0.4, -0.2) is 42.3 Å². The average Bonchev–Trinajstić information content (AvgIpc) is 1.92. The van der Waals surface area contributed by atoms with Gasteiger partial charge in [-0.3, -0.25) is 0 Å². The minimum absolute atomic E-state index is 0. The quantitative estimate of drug-likeness (QED) is 0.502. The van der Waals surface area contributed by atoms with E-state index in [1.165, 1.54) is 22.5 Å². The molecule has 0 saturated carbocycles. The van der Waals surface area contributed by atoms with Crippen LogP contribution in [0.15, 0.2) is 10.7 Å². The van der Waals surface area contributed by atoms with E-state index in [1.54, 1.807) is 20.8 Å². The third-order valence-electron chi connectivity index (χ3n) is 0. The van der Waals surface area contributed by atoms with E-state index in [0.717, 1.165) is 0 Å². The van der Waals surface area contributed by atoms with Gasteiger partial charge in [0.05, 0.1) is 0 Å². The van der Waals surface area contributed by atoms with Gasteiger partial charge in [0, 0.05) is 0 Å². The summed E-state index contributed by atoms with van der Waals surface area (Å²) in [6, 6.07) is 0. The van der Waals surface area contributed by atoms with Crippen molar-refractivity contribution in [1.82, 2.24) is 0 Å². The van der Waals surface area contributed by atoms with E-state index in [4.69, 9.17) is 15.3 Å². The zero-order chi connectivity index (χ0) is 10.8. The molecular weight excluding hydrogens is 263 g/mol. The maximum atomic E-state index is 8.93. The van der Waals surface area contributed by atoms with Gasteiger partial charge in [-0.15, -0.1) is 19.8 Å². The Morgan fingerprint density at radius 2 is 1.00 bits per heavy atom. The van der Waals surface area contributed by atoms with Crippen molar-refractivity contribution >= 4 is 22.5 Å². The van der Waals surface area contributed by atoms with Crippen LogP contribution in [0.2, 0.25) is 0 Å². The fourth-order valence-electron chi connectivity index (χ4n) is 0. The van der Waals surface area contributed by atoms with Gasteiger partial charge in [-0.2, -0.15) is 0 Å². The van der Waals surface area contributed by atoms with Gasteiger partial charge in [0.25, 0.3) is 0 Å². The smallest absolute Gasteiger partial charge is 0.0809 e. The zero-order valence-electron chi connectivity index (χ0n) is 8.13. The summed E-state index contributed by atoms with van der Waals surface area (Å²) in [5.74, 6) is 0. The van der Waals surface area contributed by atoms with Crippen LogP contribution in [-0.2, 0) is 0 Å². The Balaban J connectivity index is -0.0000000356. The Morgan fingerprint density at radius 3 is 1.00 bits per heavy atom. The molecule has 0 N–H and O–H groups in total. The van der Waals surface area contributed by atoms with Gasteiger partial charge in [-0.1, -0.05) is 20.8 Å². The summed E-state index contributed by atoms with van der Waals surface area (Å²) in [5, 5.41) is 26.8. The molecule has 0 rings (SSSR count). The Hall–Kier alpha value is 0.419. The molecule has 0 unspecified atom stereocenters. The molecule has 0 fully saturated rings. The molecule has 4 heteroatoms. The van der Waals surface area contributed by atoms with Crippen molar-refractivity contribution < 1.29 is 15.3 Å². The fraction of sp³-hybridized carbons (Fsp3) is 0.750. The maximum Gasteiger partial charge on any atom is -0.0809 e. The predicted molar refractivity (Wildman–Crippen MR) is 47.6 cm³/mol. The monoisotopic (exact) mass is 282 g/mol. The molecule has 3 nitrogen and oxygen atoms in total. The summed E-state index contributed by atoms with van der Waals surface area (Å²) < 4.78 is 1.84. The topological polar surface area (TPSA) is 69.2 Å². The Labute approximate surface area is 89.2 Å². The third-order valence-corrected chi connectivity index (χ3v) is 0. The van der Waals surface area contributed by atoms with Crippen LogP contribution < -0.4 is 15.3 Å². The normalized spacial score (nSPS) is 5.67. The van der Waals surface area contributed by atoms with Gasteiger partial charge in [0.2, 0.25) is 0 Å². The van der Waals surface area contributed by atoms with Crippen molar-refractivity contribution in [1.29, 1.82) is 0 Å². The summed E-state index contributed by atoms with van der Waals surface area (Å²) >= 11 is 1.40. The predicted octanol–water partition coefficient (Wildman–Crippen LogP) is -1.60. The van der Waals surface area contributed by atoms with Crippen molar-refractivity contribution in [3.05, 3.63) is 10.7 Å². The Kier molecular flexibility index (Phi) is 121. The number of hydrogen-bond donors (Lipinski definition) is 0. The molecule has 0 radical (unpaired) electrons. The first-order valence-electron chi connectivity index (χ1n) is 3.68. The van der Waals surface area contributed by atoms with Crippen molar-refractivity contribution in [2.75, 3.05) is 19.8 Å². The second kappa shape index (κ2) is 63.5. The van der Waals surface area contributed by atoms with Gasteiger partial charge in [-0.05, 0) is 0 Å². The van der Waals surface area contributed by atoms with E-state index in [9.17, 15) is 0 Å². The first kappa shape index (κ1) is 22.8. The fourth-order valence-corrected chi connectivity index (χ4v) is 0. The largest absolute Gasteiger partial charge is 0.855 e. The Bertz CT molecular complexity index is 38.5. The standard InChI is InChI=1S/3C2H5O.C2H3.Sn/c3*1-2-3;1-2;/h3*2H2,1H3;1H,2H2;/q3*-1;;+3. The van der Waals surface area contributed by atoms with Crippen LogP contribution in [0.4, 0.5) is 0 Å². The molecule has 12 heavy (non-hydrogen) atoms. The van der Waals surface area contributed by atoms with Crippen LogP contribution in [0.1, 0.15) is 20.8 Å². The number of hydrogen-bond acceptors (Lipinski definition) is 3. The molecule has 0 saturated heterocycles. The maximum absolute atomic E-state index is 8.93. The summed E-state index contributed by atoms with van der Waals surface area (Å²) in [4.78, 5) is 0. The molecule has 0 aromatic rings. The van der Waals surface area contributed by atoms with Crippen LogP contribution in [0, 0.1) is 0 Å². The molecule has 0 aliphatic heterocycles. The zero-order valence-corrected chi connectivity index (χ0v) is 11.0. The minimum Gasteiger partial charge on any atom is -0.855 e. The summed E-state index contributed by atoms with van der Waals surface area (Å²) in [5.41, 5.74) is 0. The molecule has 0 aromatic carbocycles. The molecule has 0 aliphatic rings. The molecular formula is C8H18O3Sn. The summed E-state index contributed by atoms with van der Waals surface area (Å²) in [7, 11) is 0. The Morgan fingerprint density at radius 1 is 1.00 bits per heavy atom. The molecule has 0 heterocycles. The van der Waals surface area contributed by atoms with Gasteiger partial charge in [-0.25, -0.2) is 0 Å². The van der Waals surface area contributed by atoms with Crippen molar-refractivity contribution in [3.8, 4) is 0 Å². The SMILES string of the molecule is C=[CH][Sn+3].CC[O-].CC[O-].CC[O-]. The van der Waals surface area contributed by atoms with E-state index < -0.39 is 0 Å². The van der Waals surface area contributed by atoms with E-state index in [2.05, 4.69) is 6.58 Å². The molecule has 0 spiro atoms. The first-order chi connectivity index (χ1) is 5.66. The molecule has 0 amide bonds. The van der Waals surface area contributed by atoms with Gasteiger partial charge in [0.1, 0.15) is 0 Å². The third kappa shape index (κ3) is 5270. The van der Waals surface area contributed by atoms with Crippen LogP contribution in [0.3, 0.4) is 0 Å². The minimum atomic E-state index is 0.